The molecule has 3 N–H and O–H groups in total. The van der Waals surface area contributed by atoms with Crippen LogP contribution in [-0.4, -0.2) is 38.4 Å². The average molecular weight is 372 g/mol. The van der Waals surface area contributed by atoms with E-state index >= 15 is 0 Å². The minimum Gasteiger partial charge on any atom is -0.365 e. The lowest BCUT2D eigenvalue weighted by molar-refractivity contribution is 0.0998. The Morgan fingerprint density at radius 2 is 2.15 bits per heavy atom. The summed E-state index contributed by atoms with van der Waals surface area (Å²) in [5.74, 6) is 2.16. The second kappa shape index (κ2) is 7.80. The van der Waals surface area contributed by atoms with Gasteiger partial charge in [0.25, 0.3) is 5.91 Å². The summed E-state index contributed by atoms with van der Waals surface area (Å²) >= 11 is 0. The predicted octanol–water partition coefficient (Wildman–Crippen LogP) is 1.81. The number of rotatable bonds is 6. The zero-order valence-electron chi connectivity index (χ0n) is 15.9. The van der Waals surface area contributed by atoms with E-state index < -0.39 is 0 Å². The number of hydrogen-bond donors (Lipinski definition) is 2. The maximum Gasteiger partial charge on any atom is 0.252 e. The summed E-state index contributed by atoms with van der Waals surface area (Å²) in [6.45, 7) is 3.87. The third-order valence-corrected chi connectivity index (χ3v) is 6.02. The van der Waals surface area contributed by atoms with Crippen molar-refractivity contribution in [3.8, 4) is 0 Å². The second-order valence-corrected chi connectivity index (χ2v) is 7.81. The van der Waals surface area contributed by atoms with Crippen LogP contribution in [0, 0.1) is 5.92 Å². The fourth-order valence-electron chi connectivity index (χ4n) is 4.33. The molecule has 0 spiro atoms. The molecule has 2 aliphatic rings. The van der Waals surface area contributed by atoms with Gasteiger partial charge in [-0.3, -0.25) is 9.48 Å². The molecule has 0 saturated heterocycles. The highest BCUT2D eigenvalue weighted by atomic mass is 16.5. The van der Waals surface area contributed by atoms with Crippen molar-refractivity contribution in [3.05, 3.63) is 29.2 Å². The van der Waals surface area contributed by atoms with E-state index in [1.54, 1.807) is 6.20 Å². The molecular formula is C19H28N6O2. The number of carbonyl (C=O) groups is 1. The molecule has 0 radical (unpaired) electrons. The standard InChI is InChI=1S/C19H28N6O2/c1-2-17-23-19(27-24-17)13-3-5-14(6-4-13)21-10-12-7-8-25-16(9-12)15(11-22-25)18(20)26/h11-14,21H,2-10H2,1H3,(H2,20,26)/t12-,13?,14?/m0/s1. The lowest BCUT2D eigenvalue weighted by atomic mass is 9.85. The number of hydrogen-bond acceptors (Lipinski definition) is 6. The Balaban J connectivity index is 1.25. The maximum atomic E-state index is 11.6. The molecule has 0 bridgehead atoms. The van der Waals surface area contributed by atoms with Crippen molar-refractivity contribution in [3.63, 3.8) is 0 Å². The van der Waals surface area contributed by atoms with Gasteiger partial charge in [0, 0.05) is 24.9 Å². The SMILES string of the molecule is CCc1noc(C2CCC(NC[C@H]3CCn4ncc(C(N)=O)c4C3)CC2)n1. The molecule has 1 aliphatic heterocycles. The fourth-order valence-corrected chi connectivity index (χ4v) is 4.33. The summed E-state index contributed by atoms with van der Waals surface area (Å²) < 4.78 is 7.34. The average Bonchev–Trinajstić information content (AvgIpc) is 3.33. The van der Waals surface area contributed by atoms with Crippen LogP contribution in [0.1, 0.15) is 72.7 Å². The summed E-state index contributed by atoms with van der Waals surface area (Å²) in [6, 6.07) is 0.539. The van der Waals surface area contributed by atoms with Gasteiger partial charge in [-0.1, -0.05) is 12.1 Å². The molecule has 0 aromatic carbocycles. The van der Waals surface area contributed by atoms with Crippen LogP contribution in [-0.2, 0) is 19.4 Å². The van der Waals surface area contributed by atoms with Gasteiger partial charge in [0.15, 0.2) is 5.82 Å². The van der Waals surface area contributed by atoms with Crippen molar-refractivity contribution in [2.75, 3.05) is 6.54 Å². The van der Waals surface area contributed by atoms with Gasteiger partial charge in [-0.05, 0) is 51.0 Å². The molecule has 8 heteroatoms. The maximum absolute atomic E-state index is 11.6. The number of carbonyl (C=O) groups excluding carboxylic acids is 1. The summed E-state index contributed by atoms with van der Waals surface area (Å²) in [6.07, 6.45) is 8.81. The first kappa shape index (κ1) is 18.2. The molecule has 1 saturated carbocycles. The van der Waals surface area contributed by atoms with E-state index in [0.29, 0.717) is 23.4 Å². The molecular weight excluding hydrogens is 344 g/mol. The molecule has 4 rings (SSSR count). The topological polar surface area (TPSA) is 112 Å². The highest BCUT2D eigenvalue weighted by Crippen LogP contribution is 2.32. The summed E-state index contributed by atoms with van der Waals surface area (Å²) in [5, 5.41) is 12.0. The van der Waals surface area contributed by atoms with E-state index in [4.69, 9.17) is 10.3 Å². The van der Waals surface area contributed by atoms with Crippen molar-refractivity contribution >= 4 is 5.91 Å². The van der Waals surface area contributed by atoms with Gasteiger partial charge in [0.2, 0.25) is 5.89 Å². The van der Waals surface area contributed by atoms with Crippen LogP contribution < -0.4 is 11.1 Å². The zero-order valence-corrected chi connectivity index (χ0v) is 15.9. The third-order valence-electron chi connectivity index (χ3n) is 6.02. The Bertz CT molecular complexity index is 790. The van der Waals surface area contributed by atoms with E-state index in [1.807, 2.05) is 11.6 Å². The van der Waals surface area contributed by atoms with Gasteiger partial charge in [-0.2, -0.15) is 10.1 Å². The molecule has 1 aliphatic carbocycles. The van der Waals surface area contributed by atoms with Gasteiger partial charge < -0.3 is 15.6 Å². The molecule has 8 nitrogen and oxygen atoms in total. The molecule has 3 heterocycles. The smallest absolute Gasteiger partial charge is 0.252 e. The first-order chi connectivity index (χ1) is 13.1. The normalized spacial score (nSPS) is 25.3. The Morgan fingerprint density at radius 3 is 2.85 bits per heavy atom. The minimum atomic E-state index is -0.379. The van der Waals surface area contributed by atoms with Crippen molar-refractivity contribution in [2.24, 2.45) is 11.7 Å². The second-order valence-electron chi connectivity index (χ2n) is 7.81. The third kappa shape index (κ3) is 3.90. The number of nitrogens with zero attached hydrogens (tertiary/aromatic N) is 4. The van der Waals surface area contributed by atoms with E-state index in [2.05, 4.69) is 20.6 Å². The van der Waals surface area contributed by atoms with Crippen LogP contribution in [0.2, 0.25) is 0 Å². The molecule has 1 atom stereocenters. The first-order valence-corrected chi connectivity index (χ1v) is 10.0. The van der Waals surface area contributed by atoms with Crippen LogP contribution in [0.3, 0.4) is 0 Å². The molecule has 0 unspecified atom stereocenters. The number of primary amides is 1. The highest BCUT2D eigenvalue weighted by molar-refractivity contribution is 5.93. The lowest BCUT2D eigenvalue weighted by Crippen LogP contribution is -2.38. The number of aromatic nitrogens is 4. The van der Waals surface area contributed by atoms with Crippen molar-refractivity contribution in [1.82, 2.24) is 25.2 Å². The number of nitrogens with one attached hydrogen (secondary N) is 1. The van der Waals surface area contributed by atoms with Crippen molar-refractivity contribution < 1.29 is 9.32 Å². The van der Waals surface area contributed by atoms with Gasteiger partial charge in [0.1, 0.15) is 0 Å². The molecule has 27 heavy (non-hydrogen) atoms. The molecule has 2 aromatic heterocycles. The van der Waals surface area contributed by atoms with Crippen LogP contribution in [0.15, 0.2) is 10.7 Å². The van der Waals surface area contributed by atoms with E-state index in [-0.39, 0.29) is 5.91 Å². The Hall–Kier alpha value is -2.22. The van der Waals surface area contributed by atoms with Gasteiger partial charge in [0.05, 0.1) is 17.5 Å². The minimum absolute atomic E-state index is 0.379. The summed E-state index contributed by atoms with van der Waals surface area (Å²) in [4.78, 5) is 16.0. The predicted molar refractivity (Wildman–Crippen MR) is 99.2 cm³/mol. The van der Waals surface area contributed by atoms with Crippen LogP contribution in [0.5, 0.6) is 0 Å². The lowest BCUT2D eigenvalue weighted by Gasteiger charge is -2.30. The van der Waals surface area contributed by atoms with Crippen molar-refractivity contribution in [1.29, 1.82) is 0 Å². The summed E-state index contributed by atoms with van der Waals surface area (Å²) in [7, 11) is 0. The Morgan fingerprint density at radius 1 is 1.33 bits per heavy atom. The van der Waals surface area contributed by atoms with E-state index in [9.17, 15) is 4.79 Å². The van der Waals surface area contributed by atoms with E-state index in [0.717, 1.165) is 75.4 Å². The fraction of sp³-hybridized carbons (Fsp3) is 0.684. The van der Waals surface area contributed by atoms with Crippen LogP contribution >= 0.6 is 0 Å². The largest absolute Gasteiger partial charge is 0.365 e. The molecule has 146 valence electrons. The van der Waals surface area contributed by atoms with Crippen molar-refractivity contribution in [2.45, 2.75) is 70.4 Å². The molecule has 1 fully saturated rings. The Kier molecular flexibility index (Phi) is 5.24. The number of nitrogens with two attached hydrogens (primary N) is 1. The van der Waals surface area contributed by atoms with Gasteiger partial charge in [-0.15, -0.1) is 0 Å². The highest BCUT2D eigenvalue weighted by Gasteiger charge is 2.28. The first-order valence-electron chi connectivity index (χ1n) is 10.0. The van der Waals surface area contributed by atoms with Gasteiger partial charge in [-0.25, -0.2) is 0 Å². The summed E-state index contributed by atoms with van der Waals surface area (Å²) in [5.41, 5.74) is 7.03. The Labute approximate surface area is 158 Å². The molecule has 1 amide bonds. The monoisotopic (exact) mass is 372 g/mol. The number of aryl methyl sites for hydroxylation is 2. The number of amides is 1. The molecule has 2 aromatic rings. The van der Waals surface area contributed by atoms with Gasteiger partial charge >= 0.3 is 0 Å². The van der Waals surface area contributed by atoms with Crippen LogP contribution in [0.25, 0.3) is 0 Å². The number of fused-ring (bicyclic) bond motifs is 1. The van der Waals surface area contributed by atoms with Crippen LogP contribution in [0.4, 0.5) is 0 Å². The quantitative estimate of drug-likeness (QED) is 0.800. The van der Waals surface area contributed by atoms with E-state index in [1.165, 1.54) is 0 Å². The zero-order chi connectivity index (χ0) is 18.8.